The van der Waals surface area contributed by atoms with Crippen molar-refractivity contribution in [2.45, 2.75) is 13.0 Å². The number of fused-ring (bicyclic) bond motifs is 1. The average Bonchev–Trinajstić information content (AvgIpc) is 3.04. The molecule has 0 saturated carbocycles. The summed E-state index contributed by atoms with van der Waals surface area (Å²) in [4.78, 5) is 11.9. The maximum absolute atomic E-state index is 11.9. The topological polar surface area (TPSA) is 56.8 Å². The van der Waals surface area contributed by atoms with Crippen molar-refractivity contribution in [2.75, 3.05) is 13.4 Å². The molecule has 7 heteroatoms. The zero-order valence-electron chi connectivity index (χ0n) is 12.7. The number of hydrogen-bond donors (Lipinski definition) is 1. The molecule has 0 aromatic heterocycles. The molecule has 1 amide bonds. The summed E-state index contributed by atoms with van der Waals surface area (Å²) < 4.78 is 16.0. The Bertz CT molecular complexity index is 751. The summed E-state index contributed by atoms with van der Waals surface area (Å²) in [6, 6.07) is 10.5. The standard InChI is InChI=1S/C17H15Cl2NO4/c18-12-2-3-13(19)15(8-12)22-6-5-17(21)20-9-11-1-4-14-16(7-11)24-10-23-14/h1-4,7-8H,5-6,9-10H2,(H,20,21). The van der Waals surface area contributed by atoms with E-state index in [0.717, 1.165) is 11.3 Å². The Morgan fingerprint density at radius 2 is 1.96 bits per heavy atom. The lowest BCUT2D eigenvalue weighted by Gasteiger charge is -2.09. The van der Waals surface area contributed by atoms with Gasteiger partial charge >= 0.3 is 0 Å². The zero-order chi connectivity index (χ0) is 16.9. The van der Waals surface area contributed by atoms with Crippen molar-refractivity contribution in [3.8, 4) is 17.2 Å². The molecule has 5 nitrogen and oxygen atoms in total. The molecule has 3 rings (SSSR count). The molecule has 0 atom stereocenters. The lowest BCUT2D eigenvalue weighted by Crippen LogP contribution is -2.24. The number of carbonyl (C=O) groups excluding carboxylic acids is 1. The highest BCUT2D eigenvalue weighted by Gasteiger charge is 2.13. The molecule has 0 aliphatic carbocycles. The molecule has 0 radical (unpaired) electrons. The van der Waals surface area contributed by atoms with Crippen molar-refractivity contribution >= 4 is 29.1 Å². The van der Waals surface area contributed by atoms with E-state index < -0.39 is 0 Å². The van der Waals surface area contributed by atoms with E-state index >= 15 is 0 Å². The summed E-state index contributed by atoms with van der Waals surface area (Å²) in [5, 5.41) is 3.82. The molecule has 0 fully saturated rings. The van der Waals surface area contributed by atoms with Gasteiger partial charge in [-0.2, -0.15) is 0 Å². The fourth-order valence-electron chi connectivity index (χ4n) is 2.18. The van der Waals surface area contributed by atoms with Crippen LogP contribution in [0.25, 0.3) is 0 Å². The summed E-state index contributed by atoms with van der Waals surface area (Å²) in [6.07, 6.45) is 0.216. The molecule has 2 aromatic carbocycles. The van der Waals surface area contributed by atoms with Crippen LogP contribution in [0.5, 0.6) is 17.2 Å². The Hall–Kier alpha value is -2.11. The normalized spacial score (nSPS) is 12.1. The molecule has 0 bridgehead atoms. The SMILES string of the molecule is O=C(CCOc1cc(Cl)ccc1Cl)NCc1ccc2c(c1)OCO2. The number of carbonyl (C=O) groups is 1. The van der Waals surface area contributed by atoms with E-state index in [2.05, 4.69) is 5.32 Å². The second-order valence-electron chi connectivity index (χ2n) is 5.14. The van der Waals surface area contributed by atoms with Crippen LogP contribution in [-0.2, 0) is 11.3 Å². The lowest BCUT2D eigenvalue weighted by atomic mass is 10.2. The average molecular weight is 368 g/mol. The van der Waals surface area contributed by atoms with Crippen LogP contribution in [0.1, 0.15) is 12.0 Å². The van der Waals surface area contributed by atoms with Gasteiger partial charge in [-0.1, -0.05) is 29.3 Å². The summed E-state index contributed by atoms with van der Waals surface area (Å²) >= 11 is 11.9. The van der Waals surface area contributed by atoms with Crippen LogP contribution in [0.3, 0.4) is 0 Å². The third-order valence-corrected chi connectivity index (χ3v) is 3.95. The first-order chi connectivity index (χ1) is 11.6. The first kappa shape index (κ1) is 16.7. The number of rotatable bonds is 6. The number of benzene rings is 2. The summed E-state index contributed by atoms with van der Waals surface area (Å²) in [5.74, 6) is 1.76. The second-order valence-corrected chi connectivity index (χ2v) is 5.98. The van der Waals surface area contributed by atoms with E-state index in [9.17, 15) is 4.79 Å². The van der Waals surface area contributed by atoms with Gasteiger partial charge in [0, 0.05) is 17.6 Å². The summed E-state index contributed by atoms with van der Waals surface area (Å²) in [7, 11) is 0. The van der Waals surface area contributed by atoms with Gasteiger partial charge in [0.2, 0.25) is 12.7 Å². The maximum atomic E-state index is 11.9. The van der Waals surface area contributed by atoms with Gasteiger partial charge in [-0.05, 0) is 29.8 Å². The Balaban J connectivity index is 1.43. The lowest BCUT2D eigenvalue weighted by molar-refractivity contribution is -0.121. The van der Waals surface area contributed by atoms with Gasteiger partial charge < -0.3 is 19.5 Å². The first-order valence-corrected chi connectivity index (χ1v) is 8.10. The Kier molecular flexibility index (Phi) is 5.33. The molecule has 126 valence electrons. The monoisotopic (exact) mass is 367 g/mol. The molecule has 0 saturated heterocycles. The van der Waals surface area contributed by atoms with Gasteiger partial charge in [-0.3, -0.25) is 4.79 Å². The fourth-order valence-corrected chi connectivity index (χ4v) is 2.52. The zero-order valence-corrected chi connectivity index (χ0v) is 14.2. The van der Waals surface area contributed by atoms with Crippen LogP contribution in [0.2, 0.25) is 10.0 Å². The van der Waals surface area contributed by atoms with Crippen molar-refractivity contribution in [2.24, 2.45) is 0 Å². The molecular formula is C17H15Cl2NO4. The third kappa shape index (κ3) is 4.24. The minimum Gasteiger partial charge on any atom is -0.491 e. The van der Waals surface area contributed by atoms with Crippen molar-refractivity contribution in [1.82, 2.24) is 5.32 Å². The van der Waals surface area contributed by atoms with Crippen LogP contribution < -0.4 is 19.5 Å². The molecule has 0 unspecified atom stereocenters. The van der Waals surface area contributed by atoms with E-state index in [1.54, 1.807) is 18.2 Å². The van der Waals surface area contributed by atoms with Gasteiger partial charge in [0.15, 0.2) is 11.5 Å². The number of amides is 1. The van der Waals surface area contributed by atoms with Gasteiger partial charge in [0.25, 0.3) is 0 Å². The van der Waals surface area contributed by atoms with Crippen LogP contribution in [0, 0.1) is 0 Å². The van der Waals surface area contributed by atoms with Crippen LogP contribution >= 0.6 is 23.2 Å². The van der Waals surface area contributed by atoms with Gasteiger partial charge in [-0.25, -0.2) is 0 Å². The second kappa shape index (κ2) is 7.64. The van der Waals surface area contributed by atoms with Crippen molar-refractivity contribution < 1.29 is 19.0 Å². The van der Waals surface area contributed by atoms with E-state index in [1.807, 2.05) is 18.2 Å². The summed E-state index contributed by atoms with van der Waals surface area (Å²) in [6.45, 7) is 0.856. The van der Waals surface area contributed by atoms with Crippen molar-refractivity contribution in [1.29, 1.82) is 0 Å². The van der Waals surface area contributed by atoms with E-state index in [-0.39, 0.29) is 25.7 Å². The quantitative estimate of drug-likeness (QED) is 0.843. The van der Waals surface area contributed by atoms with Crippen LogP contribution in [0.15, 0.2) is 36.4 Å². The third-order valence-electron chi connectivity index (χ3n) is 3.41. The van der Waals surface area contributed by atoms with Gasteiger partial charge in [-0.15, -0.1) is 0 Å². The highest BCUT2D eigenvalue weighted by molar-refractivity contribution is 6.34. The molecule has 24 heavy (non-hydrogen) atoms. The first-order valence-electron chi connectivity index (χ1n) is 7.35. The fraction of sp³-hybridized carbons (Fsp3) is 0.235. The van der Waals surface area contributed by atoms with Crippen LogP contribution in [-0.4, -0.2) is 19.3 Å². The Labute approximate surface area is 149 Å². The summed E-state index contributed by atoms with van der Waals surface area (Å²) in [5.41, 5.74) is 0.936. The number of halogens is 2. The molecular weight excluding hydrogens is 353 g/mol. The molecule has 1 N–H and O–H groups in total. The number of hydrogen-bond acceptors (Lipinski definition) is 4. The Morgan fingerprint density at radius 3 is 2.83 bits per heavy atom. The van der Waals surface area contributed by atoms with E-state index in [0.29, 0.717) is 28.1 Å². The van der Waals surface area contributed by atoms with E-state index in [1.165, 1.54) is 0 Å². The minimum atomic E-state index is -0.120. The molecule has 0 spiro atoms. The van der Waals surface area contributed by atoms with Gasteiger partial charge in [0.05, 0.1) is 18.1 Å². The van der Waals surface area contributed by atoms with E-state index in [4.69, 9.17) is 37.4 Å². The molecule has 1 aliphatic rings. The molecule has 1 heterocycles. The van der Waals surface area contributed by atoms with Crippen molar-refractivity contribution in [3.05, 3.63) is 52.0 Å². The Morgan fingerprint density at radius 1 is 1.12 bits per heavy atom. The smallest absolute Gasteiger partial charge is 0.231 e. The van der Waals surface area contributed by atoms with Crippen molar-refractivity contribution in [3.63, 3.8) is 0 Å². The number of ether oxygens (including phenoxy) is 3. The molecule has 1 aliphatic heterocycles. The van der Waals surface area contributed by atoms with Crippen LogP contribution in [0.4, 0.5) is 0 Å². The predicted octanol–water partition coefficient (Wildman–Crippen LogP) is 3.81. The number of nitrogens with one attached hydrogen (secondary N) is 1. The minimum absolute atomic E-state index is 0.120. The van der Waals surface area contributed by atoms with Gasteiger partial charge in [0.1, 0.15) is 5.75 Å². The largest absolute Gasteiger partial charge is 0.491 e. The highest BCUT2D eigenvalue weighted by Crippen LogP contribution is 2.32. The highest BCUT2D eigenvalue weighted by atomic mass is 35.5. The predicted molar refractivity (Wildman–Crippen MR) is 91.0 cm³/mol. The molecule has 2 aromatic rings. The maximum Gasteiger partial charge on any atom is 0.231 e.